The Hall–Kier alpha value is -7.44. The Morgan fingerprint density at radius 1 is 0.618 bits per heavy atom. The number of anilines is 4. The number of rotatable bonds is 19. The molecule has 68 heavy (non-hydrogen) atoms. The summed E-state index contributed by atoms with van der Waals surface area (Å²) in [5.41, 5.74) is 4.14. The second kappa shape index (κ2) is 21.9. The average Bonchev–Trinajstić information content (AvgIpc) is 3.31. The number of hydrogen-bond acceptors (Lipinski definition) is 25. The van der Waals surface area contributed by atoms with Gasteiger partial charge in [-0.3, -0.25) is 4.55 Å². The third-order valence-electron chi connectivity index (χ3n) is 9.26. The first kappa shape index (κ1) is 48.5. The maximum atomic E-state index is 11.6. The largest absolute Gasteiger partial charge is 0.505 e. The number of hydrogen-bond donors (Lipinski definition) is 7. The molecule has 1 heterocycles. The Balaban J connectivity index is 1.11. The number of nitrogens with one attached hydrogen (secondary N) is 2. The van der Waals surface area contributed by atoms with Gasteiger partial charge in [-0.1, -0.05) is 16.1 Å². The number of methoxy groups -OCH3 is 2. The number of aromatic nitrogens is 3. The van der Waals surface area contributed by atoms with Gasteiger partial charge in [-0.05, 0) is 109 Å². The predicted octanol–water partition coefficient (Wildman–Crippen LogP) is 11.9. The summed E-state index contributed by atoms with van der Waals surface area (Å²) in [4.78, 5) is 12.4. The number of azo groups is 3. The number of nitrogens with zero attached hydrogens (tertiary/aromatic N) is 9. The van der Waals surface area contributed by atoms with Crippen molar-refractivity contribution in [3.63, 3.8) is 0 Å². The van der Waals surface area contributed by atoms with Crippen LogP contribution >= 0.6 is 24.1 Å². The zero-order chi connectivity index (χ0) is 48.4. The van der Waals surface area contributed by atoms with Gasteiger partial charge in [0.1, 0.15) is 28.6 Å². The molecule has 1 aromatic heterocycles. The maximum absolute atomic E-state index is 11.6. The number of benzene rings is 6. The van der Waals surface area contributed by atoms with Crippen molar-refractivity contribution in [2.75, 3.05) is 24.9 Å². The summed E-state index contributed by atoms with van der Waals surface area (Å²) in [5.74, 6) is 0.0668. The summed E-state index contributed by atoms with van der Waals surface area (Å²) in [6, 6.07) is 24.4. The van der Waals surface area contributed by atoms with Crippen LogP contribution in [0.5, 0.6) is 23.3 Å². The van der Waals surface area contributed by atoms with E-state index in [1.165, 1.54) is 32.4 Å². The van der Waals surface area contributed by atoms with E-state index in [2.05, 4.69) is 70.7 Å². The fourth-order valence-electron chi connectivity index (χ4n) is 6.08. The molecule has 0 radical (unpaired) electrons. The Labute approximate surface area is 393 Å². The normalized spacial score (nSPS) is 11.9. The number of aryl methyl sites for hydroxylation is 2. The maximum Gasteiger partial charge on any atom is 0.320 e. The molecule has 0 atom stereocenters. The number of phenols is 1. The molecule has 350 valence electrons. The van der Waals surface area contributed by atoms with Crippen LogP contribution in [-0.2, 0) is 28.9 Å². The molecule has 0 saturated heterocycles. The van der Waals surface area contributed by atoms with E-state index in [1.807, 2.05) is 6.92 Å². The lowest BCUT2D eigenvalue weighted by Gasteiger charge is -2.12. The summed E-state index contributed by atoms with van der Waals surface area (Å²) < 4.78 is 52.9. The van der Waals surface area contributed by atoms with Crippen LogP contribution in [-0.4, -0.2) is 62.9 Å². The van der Waals surface area contributed by atoms with Crippen molar-refractivity contribution in [2.24, 2.45) is 30.7 Å². The van der Waals surface area contributed by atoms with Crippen LogP contribution in [0.25, 0.3) is 10.8 Å². The SMILES string of the molecule is COc1cc(N=Nc2ccc(SOOO)cc2)c(C)cc1N=Nc1cc(OC)c(N=Nc2c(SOOO)cc3cc(Nc4nc(O)nc(Nc5cccc(S(=O)(=O)O)c5)n4)ccc3c2O)cc1C. The molecule has 27 heteroatoms. The van der Waals surface area contributed by atoms with E-state index in [0.29, 0.717) is 67.5 Å². The predicted molar refractivity (Wildman–Crippen MR) is 246 cm³/mol. The fraction of sp³-hybridized carbons (Fsp3) is 0.0976. The summed E-state index contributed by atoms with van der Waals surface area (Å²) in [5, 5.41) is 79.2. The van der Waals surface area contributed by atoms with Crippen LogP contribution in [0.1, 0.15) is 11.1 Å². The molecule has 0 unspecified atom stereocenters. The first-order valence-corrected chi connectivity index (χ1v) is 22.1. The van der Waals surface area contributed by atoms with Gasteiger partial charge in [0.15, 0.2) is 5.75 Å². The van der Waals surface area contributed by atoms with Crippen molar-refractivity contribution in [1.82, 2.24) is 15.0 Å². The highest BCUT2D eigenvalue weighted by Gasteiger charge is 2.18. The highest BCUT2D eigenvalue weighted by molar-refractivity contribution is 7.95. The molecule has 7 rings (SSSR count). The van der Waals surface area contributed by atoms with Crippen molar-refractivity contribution in [3.8, 4) is 23.3 Å². The van der Waals surface area contributed by atoms with E-state index in [1.54, 1.807) is 79.7 Å². The van der Waals surface area contributed by atoms with Crippen LogP contribution in [0.4, 0.5) is 57.4 Å². The Morgan fingerprint density at radius 2 is 1.19 bits per heavy atom. The second-order valence-corrected chi connectivity index (χ2v) is 16.6. The third kappa shape index (κ3) is 12.1. The average molecular weight is 986 g/mol. The van der Waals surface area contributed by atoms with E-state index in [-0.39, 0.29) is 50.2 Å². The number of fused-ring (bicyclic) bond motifs is 1. The molecular weight excluding hydrogens is 951 g/mol. The molecule has 0 fully saturated rings. The lowest BCUT2D eigenvalue weighted by atomic mass is 10.1. The fourth-order valence-corrected chi connectivity index (χ4v) is 7.46. The van der Waals surface area contributed by atoms with Crippen molar-refractivity contribution in [3.05, 3.63) is 108 Å². The molecular formula is C41H35N11O13S3. The minimum Gasteiger partial charge on any atom is -0.505 e. The van der Waals surface area contributed by atoms with Gasteiger partial charge >= 0.3 is 6.01 Å². The van der Waals surface area contributed by atoms with E-state index < -0.39 is 16.1 Å². The Morgan fingerprint density at radius 3 is 1.79 bits per heavy atom. The van der Waals surface area contributed by atoms with Gasteiger partial charge in [0.05, 0.1) is 65.2 Å². The molecule has 0 aliphatic rings. The van der Waals surface area contributed by atoms with Gasteiger partial charge < -0.3 is 30.3 Å². The van der Waals surface area contributed by atoms with Crippen LogP contribution in [0.3, 0.4) is 0 Å². The molecule has 24 nitrogen and oxygen atoms in total. The van der Waals surface area contributed by atoms with Crippen molar-refractivity contribution in [2.45, 2.75) is 28.5 Å². The molecule has 7 aromatic rings. The zero-order valence-electron chi connectivity index (χ0n) is 35.5. The smallest absolute Gasteiger partial charge is 0.320 e. The second-order valence-electron chi connectivity index (χ2n) is 13.7. The molecule has 0 spiro atoms. The highest BCUT2D eigenvalue weighted by atomic mass is 32.2. The van der Waals surface area contributed by atoms with Crippen LogP contribution in [0.2, 0.25) is 0 Å². The lowest BCUT2D eigenvalue weighted by molar-refractivity contribution is -0.432. The number of phenolic OH excluding ortho intramolecular Hbond substituents is 1. The van der Waals surface area contributed by atoms with Crippen molar-refractivity contribution < 1.29 is 61.9 Å². The Bertz CT molecular complexity index is 3190. The van der Waals surface area contributed by atoms with Crippen molar-refractivity contribution in [1.29, 1.82) is 0 Å². The molecule has 0 amide bonds. The van der Waals surface area contributed by atoms with Gasteiger partial charge in [0.2, 0.25) is 11.9 Å². The number of aromatic hydroxyl groups is 2. The molecule has 7 N–H and O–H groups in total. The molecule has 0 aliphatic carbocycles. The standard InChI is InChI=1S/C41H35N11O13S3/c1-21-14-32(34(60-3)19-30(21)48-47-24-8-11-27(12-9-24)66-64-62-55)50-49-31-20-35(61-4)33(15-22(31)2)51-52-37-36(67-65-63-56)17-23-16-26(10-13-29(23)38(37)53)43-40-44-39(45-41(54)46-40)42-25-6-5-7-28(18-25)68(57,58)59/h5-20,53,55-56H,1-4H3,(H,57,58,59)(H3,42,43,44,45,46,54). The molecule has 0 bridgehead atoms. The monoisotopic (exact) mass is 985 g/mol. The van der Waals surface area contributed by atoms with E-state index in [9.17, 15) is 23.2 Å². The first-order valence-electron chi connectivity index (χ1n) is 19.1. The molecule has 6 aromatic carbocycles. The van der Waals surface area contributed by atoms with Gasteiger partial charge in [-0.25, -0.2) is 10.5 Å². The first-order chi connectivity index (χ1) is 32.7. The van der Waals surface area contributed by atoms with Gasteiger partial charge in [-0.2, -0.15) is 38.7 Å². The van der Waals surface area contributed by atoms with Gasteiger partial charge in [-0.15, -0.1) is 24.0 Å². The van der Waals surface area contributed by atoms with Gasteiger partial charge in [0.25, 0.3) is 10.1 Å². The van der Waals surface area contributed by atoms with E-state index >= 15 is 0 Å². The topological polar surface area (TPSA) is 328 Å². The lowest BCUT2D eigenvalue weighted by Crippen LogP contribution is -2.04. The van der Waals surface area contributed by atoms with Crippen molar-refractivity contribution >= 4 is 102 Å². The highest BCUT2D eigenvalue weighted by Crippen LogP contribution is 2.46. The quantitative estimate of drug-likeness (QED) is 0.0130. The minimum absolute atomic E-state index is 0.0535. The summed E-state index contributed by atoms with van der Waals surface area (Å²) in [6.07, 6.45) is 0. The Kier molecular flexibility index (Phi) is 15.6. The van der Waals surface area contributed by atoms with Crippen LogP contribution in [0, 0.1) is 13.8 Å². The number of ether oxygens (including phenoxy) is 2. The minimum atomic E-state index is -4.49. The third-order valence-corrected chi connectivity index (χ3v) is 11.3. The summed E-state index contributed by atoms with van der Waals surface area (Å²) >= 11 is 1.35. The molecule has 0 saturated carbocycles. The van der Waals surface area contributed by atoms with E-state index in [4.69, 9.17) is 24.3 Å². The summed E-state index contributed by atoms with van der Waals surface area (Å²) in [7, 11) is -1.56. The molecule has 0 aliphatic heterocycles. The van der Waals surface area contributed by atoms with Crippen LogP contribution < -0.4 is 20.1 Å². The van der Waals surface area contributed by atoms with Crippen LogP contribution in [0.15, 0.2) is 142 Å². The summed E-state index contributed by atoms with van der Waals surface area (Å²) in [6.45, 7) is 3.62. The van der Waals surface area contributed by atoms with E-state index in [0.717, 1.165) is 23.7 Å². The zero-order valence-corrected chi connectivity index (χ0v) is 37.9. The van der Waals surface area contributed by atoms with Gasteiger partial charge in [0, 0.05) is 33.8 Å².